The van der Waals surface area contributed by atoms with Crippen LogP contribution in [0.4, 0.5) is 18.9 Å². The molecule has 110 valence electrons. The summed E-state index contributed by atoms with van der Waals surface area (Å²) in [5, 5.41) is 2.71. The van der Waals surface area contributed by atoms with Gasteiger partial charge in [0.25, 0.3) is 5.91 Å². The second-order valence-electron chi connectivity index (χ2n) is 4.43. The van der Waals surface area contributed by atoms with Gasteiger partial charge in [-0.15, -0.1) is 0 Å². The Labute approximate surface area is 124 Å². The third kappa shape index (κ3) is 3.36. The van der Waals surface area contributed by atoms with Gasteiger partial charge in [0.2, 0.25) is 0 Å². The van der Waals surface area contributed by atoms with E-state index in [9.17, 15) is 18.0 Å². The Kier molecular flexibility index (Phi) is 4.23. The second kappa shape index (κ2) is 5.77. The maximum absolute atomic E-state index is 12.9. The zero-order chi connectivity index (χ0) is 15.6. The molecule has 0 saturated heterocycles. The minimum Gasteiger partial charge on any atom is -0.320 e. The van der Waals surface area contributed by atoms with Crippen molar-refractivity contribution < 1.29 is 18.0 Å². The molecule has 0 aliphatic rings. The van der Waals surface area contributed by atoms with Crippen LogP contribution in [-0.4, -0.2) is 5.91 Å². The van der Waals surface area contributed by atoms with Crippen molar-refractivity contribution in [1.29, 1.82) is 0 Å². The maximum Gasteiger partial charge on any atom is 0.417 e. The standard InChI is InChI=1S/C15H11ClF3NO/c1-9-5-4-8-12(16)13(9)20-14(21)10-6-2-3-7-11(10)15(17,18)19/h2-8H,1H3,(H,20,21). The predicted octanol–water partition coefficient (Wildman–Crippen LogP) is 4.92. The van der Waals surface area contributed by atoms with E-state index in [2.05, 4.69) is 5.32 Å². The first-order valence-corrected chi connectivity index (χ1v) is 6.41. The van der Waals surface area contributed by atoms with Crippen molar-refractivity contribution in [1.82, 2.24) is 0 Å². The maximum atomic E-state index is 12.9. The Balaban J connectivity index is 2.38. The van der Waals surface area contributed by atoms with E-state index in [0.717, 1.165) is 12.1 Å². The van der Waals surface area contributed by atoms with Crippen LogP contribution in [-0.2, 0) is 6.18 Å². The molecular weight excluding hydrogens is 303 g/mol. The van der Waals surface area contributed by atoms with Gasteiger partial charge in [0.15, 0.2) is 0 Å². The topological polar surface area (TPSA) is 29.1 Å². The fourth-order valence-electron chi connectivity index (χ4n) is 1.90. The van der Waals surface area contributed by atoms with Crippen LogP contribution in [0.2, 0.25) is 5.02 Å². The van der Waals surface area contributed by atoms with Crippen molar-refractivity contribution in [2.24, 2.45) is 0 Å². The number of aryl methyl sites for hydroxylation is 1. The molecule has 0 aromatic heterocycles. The monoisotopic (exact) mass is 313 g/mol. The molecule has 21 heavy (non-hydrogen) atoms. The molecule has 0 radical (unpaired) electrons. The second-order valence-corrected chi connectivity index (χ2v) is 4.84. The number of carbonyl (C=O) groups excluding carboxylic acids is 1. The molecule has 0 atom stereocenters. The van der Waals surface area contributed by atoms with Crippen molar-refractivity contribution in [3.8, 4) is 0 Å². The Morgan fingerprint density at radius 2 is 1.76 bits per heavy atom. The van der Waals surface area contributed by atoms with Crippen LogP contribution >= 0.6 is 11.6 Å². The first kappa shape index (κ1) is 15.4. The van der Waals surface area contributed by atoms with Gasteiger partial charge >= 0.3 is 6.18 Å². The number of anilines is 1. The van der Waals surface area contributed by atoms with Gasteiger partial charge in [0, 0.05) is 0 Å². The van der Waals surface area contributed by atoms with Gasteiger partial charge < -0.3 is 5.32 Å². The number of benzene rings is 2. The molecule has 0 aliphatic heterocycles. The summed E-state index contributed by atoms with van der Waals surface area (Å²) >= 11 is 5.95. The van der Waals surface area contributed by atoms with Gasteiger partial charge in [-0.05, 0) is 30.7 Å². The summed E-state index contributed by atoms with van der Waals surface area (Å²) in [6.07, 6.45) is -4.59. The fraction of sp³-hybridized carbons (Fsp3) is 0.133. The summed E-state index contributed by atoms with van der Waals surface area (Å²) in [7, 11) is 0. The zero-order valence-electron chi connectivity index (χ0n) is 11.0. The number of nitrogens with one attached hydrogen (secondary N) is 1. The van der Waals surface area contributed by atoms with Crippen LogP contribution in [0.25, 0.3) is 0 Å². The van der Waals surface area contributed by atoms with Gasteiger partial charge in [-0.2, -0.15) is 13.2 Å². The van der Waals surface area contributed by atoms with Gasteiger partial charge in [0.05, 0.1) is 21.8 Å². The van der Waals surface area contributed by atoms with Crippen LogP contribution in [0.1, 0.15) is 21.5 Å². The molecule has 0 aliphatic carbocycles. The zero-order valence-corrected chi connectivity index (χ0v) is 11.7. The number of para-hydroxylation sites is 1. The van der Waals surface area contributed by atoms with Crippen molar-refractivity contribution in [3.05, 3.63) is 64.2 Å². The van der Waals surface area contributed by atoms with E-state index in [1.165, 1.54) is 12.1 Å². The molecular formula is C15H11ClF3NO. The summed E-state index contributed by atoms with van der Waals surface area (Å²) < 4.78 is 38.7. The molecule has 0 spiro atoms. The minimum atomic E-state index is -4.59. The summed E-state index contributed by atoms with van der Waals surface area (Å²) in [5.41, 5.74) is -0.446. The van der Waals surface area contributed by atoms with Crippen molar-refractivity contribution in [3.63, 3.8) is 0 Å². The van der Waals surface area contributed by atoms with Crippen molar-refractivity contribution >= 4 is 23.2 Å². The average molecular weight is 314 g/mol. The number of rotatable bonds is 2. The van der Waals surface area contributed by atoms with E-state index < -0.39 is 23.2 Å². The molecule has 2 nitrogen and oxygen atoms in total. The van der Waals surface area contributed by atoms with Crippen LogP contribution in [0.3, 0.4) is 0 Å². The van der Waals surface area contributed by atoms with Crippen LogP contribution in [0, 0.1) is 6.92 Å². The number of carbonyl (C=O) groups is 1. The van der Waals surface area contributed by atoms with Crippen LogP contribution in [0.15, 0.2) is 42.5 Å². The van der Waals surface area contributed by atoms with E-state index in [0.29, 0.717) is 11.3 Å². The Bertz CT molecular complexity index is 663. The molecule has 0 heterocycles. The molecule has 0 fully saturated rings. The summed E-state index contributed by atoms with van der Waals surface area (Å²) in [4.78, 5) is 12.1. The number of halogens is 4. The largest absolute Gasteiger partial charge is 0.417 e. The highest BCUT2D eigenvalue weighted by atomic mass is 35.5. The smallest absolute Gasteiger partial charge is 0.320 e. The third-order valence-electron chi connectivity index (χ3n) is 2.94. The van der Waals surface area contributed by atoms with Gasteiger partial charge in [-0.25, -0.2) is 0 Å². The minimum absolute atomic E-state index is 0.271. The number of alkyl halides is 3. The Hall–Kier alpha value is -2.01. The van der Waals surface area contributed by atoms with E-state index in [4.69, 9.17) is 11.6 Å². The summed E-state index contributed by atoms with van der Waals surface area (Å²) in [6.45, 7) is 1.71. The van der Waals surface area contributed by atoms with Crippen LogP contribution in [0.5, 0.6) is 0 Å². The molecule has 0 bridgehead atoms. The first-order chi connectivity index (χ1) is 9.80. The highest BCUT2D eigenvalue weighted by Gasteiger charge is 2.34. The lowest BCUT2D eigenvalue weighted by atomic mass is 10.1. The van der Waals surface area contributed by atoms with Crippen LogP contribution < -0.4 is 5.32 Å². The summed E-state index contributed by atoms with van der Waals surface area (Å²) in [6, 6.07) is 9.57. The number of hydrogen-bond donors (Lipinski definition) is 1. The third-order valence-corrected chi connectivity index (χ3v) is 3.25. The first-order valence-electron chi connectivity index (χ1n) is 6.03. The van der Waals surface area contributed by atoms with E-state index in [-0.39, 0.29) is 5.02 Å². The van der Waals surface area contributed by atoms with E-state index in [1.54, 1.807) is 25.1 Å². The lowest BCUT2D eigenvalue weighted by Crippen LogP contribution is -2.19. The molecule has 0 unspecified atom stereocenters. The Morgan fingerprint density at radius 1 is 1.10 bits per heavy atom. The average Bonchev–Trinajstić information content (AvgIpc) is 2.42. The van der Waals surface area contributed by atoms with E-state index >= 15 is 0 Å². The molecule has 1 amide bonds. The highest BCUT2D eigenvalue weighted by molar-refractivity contribution is 6.34. The van der Waals surface area contributed by atoms with Gasteiger partial charge in [0.1, 0.15) is 0 Å². The molecule has 0 saturated carbocycles. The van der Waals surface area contributed by atoms with E-state index in [1.807, 2.05) is 0 Å². The molecule has 2 aromatic carbocycles. The lowest BCUT2D eigenvalue weighted by molar-refractivity contribution is -0.137. The molecule has 1 N–H and O–H groups in total. The lowest BCUT2D eigenvalue weighted by Gasteiger charge is -2.14. The van der Waals surface area contributed by atoms with Gasteiger partial charge in [-0.1, -0.05) is 35.9 Å². The normalized spacial score (nSPS) is 11.3. The number of hydrogen-bond acceptors (Lipinski definition) is 1. The quantitative estimate of drug-likeness (QED) is 0.837. The summed E-state index contributed by atoms with van der Waals surface area (Å²) in [5.74, 6) is -0.848. The molecule has 2 aromatic rings. The highest BCUT2D eigenvalue weighted by Crippen LogP contribution is 2.33. The SMILES string of the molecule is Cc1cccc(Cl)c1NC(=O)c1ccccc1C(F)(F)F. The Morgan fingerprint density at radius 3 is 2.38 bits per heavy atom. The number of amides is 1. The van der Waals surface area contributed by atoms with Gasteiger partial charge in [-0.3, -0.25) is 4.79 Å². The van der Waals surface area contributed by atoms with Crippen molar-refractivity contribution in [2.75, 3.05) is 5.32 Å². The van der Waals surface area contributed by atoms with Crippen molar-refractivity contribution in [2.45, 2.75) is 13.1 Å². The fourth-order valence-corrected chi connectivity index (χ4v) is 2.17. The molecule has 2 rings (SSSR count). The molecule has 6 heteroatoms. The predicted molar refractivity (Wildman–Crippen MR) is 75.6 cm³/mol.